The van der Waals surface area contributed by atoms with Crippen molar-refractivity contribution in [2.24, 2.45) is 16.5 Å². The summed E-state index contributed by atoms with van der Waals surface area (Å²) in [5.41, 5.74) is 13.4. The highest BCUT2D eigenvalue weighted by Gasteiger charge is 2.34. The van der Waals surface area contributed by atoms with Gasteiger partial charge in [-0.1, -0.05) is 24.8 Å². The van der Waals surface area contributed by atoms with Gasteiger partial charge in [0.15, 0.2) is 12.2 Å². The summed E-state index contributed by atoms with van der Waals surface area (Å²) in [4.78, 5) is 56.5. The van der Waals surface area contributed by atoms with E-state index in [2.05, 4.69) is 16.9 Å². The van der Waals surface area contributed by atoms with E-state index in [0.29, 0.717) is 28.4 Å². The number of ether oxygens (including phenoxy) is 2. The average molecular weight is 581 g/mol. The topological polar surface area (TPSA) is 170 Å². The van der Waals surface area contributed by atoms with Gasteiger partial charge < -0.3 is 36.1 Å². The number of amides is 4. The molecule has 13 heteroatoms. The van der Waals surface area contributed by atoms with E-state index >= 15 is 0 Å². The lowest BCUT2D eigenvalue weighted by molar-refractivity contribution is -0.128. The highest BCUT2D eigenvalue weighted by Crippen LogP contribution is 2.35. The average Bonchev–Trinajstić information content (AvgIpc) is 3.00. The van der Waals surface area contributed by atoms with Gasteiger partial charge in [-0.25, -0.2) is 0 Å². The molecule has 2 aromatic carbocycles. The van der Waals surface area contributed by atoms with Crippen LogP contribution < -0.4 is 36.1 Å². The SMILES string of the molecule is C=CC(=O)N1CC(C(N)=O)Oc2cc(CN=C/C(=C\N)CNC(=O)C3CN(C(=O)CCl)c4ccccc4O3)ccc21. The molecule has 4 rings (SSSR count). The van der Waals surface area contributed by atoms with Crippen LogP contribution in [0.4, 0.5) is 11.4 Å². The highest BCUT2D eigenvalue weighted by atomic mass is 35.5. The Morgan fingerprint density at radius 1 is 1.05 bits per heavy atom. The Labute approximate surface area is 241 Å². The van der Waals surface area contributed by atoms with E-state index in [1.165, 1.54) is 22.2 Å². The van der Waals surface area contributed by atoms with Crippen molar-refractivity contribution in [1.29, 1.82) is 0 Å². The van der Waals surface area contributed by atoms with Crippen LogP contribution in [0.5, 0.6) is 11.5 Å². The molecule has 0 fully saturated rings. The fraction of sp³-hybridized carbons (Fsp3) is 0.250. The molecule has 0 bridgehead atoms. The highest BCUT2D eigenvalue weighted by molar-refractivity contribution is 6.29. The van der Waals surface area contributed by atoms with Crippen LogP contribution in [-0.2, 0) is 25.7 Å². The number of benzene rings is 2. The van der Waals surface area contributed by atoms with Crippen LogP contribution in [0.15, 0.2) is 71.9 Å². The Morgan fingerprint density at radius 2 is 1.76 bits per heavy atom. The Balaban J connectivity index is 1.37. The van der Waals surface area contributed by atoms with Gasteiger partial charge in [-0.2, -0.15) is 0 Å². The molecule has 2 heterocycles. The van der Waals surface area contributed by atoms with E-state index in [0.717, 1.165) is 11.6 Å². The molecular formula is C28H29ClN6O6. The molecule has 2 atom stereocenters. The Bertz CT molecular complexity index is 1430. The number of aliphatic imine (C=N–C) groups is 1. The third-order valence-corrected chi connectivity index (χ3v) is 6.61. The molecule has 2 unspecified atom stereocenters. The number of primary amides is 1. The second-order valence-electron chi connectivity index (χ2n) is 9.11. The standard InChI is InChI=1S/C28H29ClN6O6/c1-2-25(36)34-15-23(27(31)38)41-22-9-17(7-8-20(22)34)12-32-13-18(11-30)14-33-28(39)24-16-35(26(37)10-29)19-5-3-4-6-21(19)40-24/h2-9,11,13,23-24H,1,10,12,14-16,30H2,(H2,31,38)(H,33,39)/b18-11+,32-13?. The predicted molar refractivity (Wildman–Crippen MR) is 154 cm³/mol. The summed E-state index contributed by atoms with van der Waals surface area (Å²) in [6.07, 6.45) is 2.04. The first-order chi connectivity index (χ1) is 19.7. The summed E-state index contributed by atoms with van der Waals surface area (Å²) in [6, 6.07) is 12.0. The van der Waals surface area contributed by atoms with Crippen LogP contribution in [0, 0.1) is 0 Å². The maximum atomic E-state index is 12.9. The molecule has 2 aromatic rings. The lowest BCUT2D eigenvalue weighted by atomic mass is 10.1. The Hall–Kier alpha value is -4.84. The number of para-hydroxylation sites is 2. The van der Waals surface area contributed by atoms with E-state index in [4.69, 9.17) is 32.5 Å². The number of rotatable bonds is 9. The third kappa shape index (κ3) is 6.67. The number of fused-ring (bicyclic) bond motifs is 2. The lowest BCUT2D eigenvalue weighted by Gasteiger charge is -2.33. The van der Waals surface area contributed by atoms with Crippen molar-refractivity contribution in [3.05, 3.63) is 72.5 Å². The fourth-order valence-corrected chi connectivity index (χ4v) is 4.44. The number of carbonyl (C=O) groups is 4. The largest absolute Gasteiger partial charge is 0.477 e. The number of nitrogens with zero attached hydrogens (tertiary/aromatic N) is 3. The zero-order chi connectivity index (χ0) is 29.5. The van der Waals surface area contributed by atoms with Gasteiger partial charge in [0.25, 0.3) is 17.7 Å². The van der Waals surface area contributed by atoms with Crippen molar-refractivity contribution in [2.75, 3.05) is 35.3 Å². The number of nitrogens with one attached hydrogen (secondary N) is 1. The molecule has 0 aliphatic carbocycles. The molecule has 2 aliphatic heterocycles. The van der Waals surface area contributed by atoms with Crippen LogP contribution in [0.2, 0.25) is 0 Å². The van der Waals surface area contributed by atoms with E-state index < -0.39 is 24.0 Å². The molecule has 5 N–H and O–H groups in total. The molecule has 4 amide bonds. The first-order valence-corrected chi connectivity index (χ1v) is 13.1. The summed E-state index contributed by atoms with van der Waals surface area (Å²) in [6.45, 7) is 3.78. The van der Waals surface area contributed by atoms with Gasteiger partial charge in [0.2, 0.25) is 5.91 Å². The number of alkyl halides is 1. The van der Waals surface area contributed by atoms with E-state index in [-0.39, 0.29) is 43.9 Å². The molecule has 214 valence electrons. The number of hydrogen-bond donors (Lipinski definition) is 3. The number of nitrogens with two attached hydrogens (primary N) is 2. The summed E-state index contributed by atoms with van der Waals surface area (Å²) >= 11 is 5.76. The minimum atomic E-state index is -0.998. The fourth-order valence-electron chi connectivity index (χ4n) is 4.29. The number of anilines is 2. The first-order valence-electron chi connectivity index (χ1n) is 12.6. The van der Waals surface area contributed by atoms with Crippen molar-refractivity contribution in [3.8, 4) is 11.5 Å². The zero-order valence-electron chi connectivity index (χ0n) is 22.0. The number of carbonyl (C=O) groups excluding carboxylic acids is 4. The van der Waals surface area contributed by atoms with Crippen molar-refractivity contribution in [3.63, 3.8) is 0 Å². The van der Waals surface area contributed by atoms with Gasteiger partial charge in [0.1, 0.15) is 17.4 Å². The second kappa shape index (κ2) is 13.0. The van der Waals surface area contributed by atoms with Crippen LogP contribution in [0.25, 0.3) is 0 Å². The maximum Gasteiger partial charge on any atom is 0.263 e. The first kappa shape index (κ1) is 29.2. The third-order valence-electron chi connectivity index (χ3n) is 6.38. The summed E-state index contributed by atoms with van der Waals surface area (Å²) < 4.78 is 11.5. The van der Waals surface area contributed by atoms with E-state index in [9.17, 15) is 19.2 Å². The monoisotopic (exact) mass is 580 g/mol. The molecule has 0 saturated carbocycles. The smallest absolute Gasteiger partial charge is 0.263 e. The minimum absolute atomic E-state index is 0.0109. The van der Waals surface area contributed by atoms with Crippen LogP contribution in [0.3, 0.4) is 0 Å². The predicted octanol–water partition coefficient (Wildman–Crippen LogP) is 1.01. The lowest BCUT2D eigenvalue weighted by Crippen LogP contribution is -2.51. The van der Waals surface area contributed by atoms with E-state index in [1.807, 2.05) is 0 Å². The number of halogens is 1. The van der Waals surface area contributed by atoms with Crippen molar-refractivity contribution < 1.29 is 28.7 Å². The molecule has 41 heavy (non-hydrogen) atoms. The molecule has 0 radical (unpaired) electrons. The normalized spacial score (nSPS) is 18.0. The van der Waals surface area contributed by atoms with E-state index in [1.54, 1.807) is 42.5 Å². The van der Waals surface area contributed by atoms with Gasteiger partial charge in [0.05, 0.1) is 31.0 Å². The molecule has 0 spiro atoms. The maximum absolute atomic E-state index is 12.9. The Morgan fingerprint density at radius 3 is 2.46 bits per heavy atom. The zero-order valence-corrected chi connectivity index (χ0v) is 22.8. The minimum Gasteiger partial charge on any atom is -0.477 e. The van der Waals surface area contributed by atoms with Crippen LogP contribution >= 0.6 is 11.6 Å². The molecular weight excluding hydrogens is 552 g/mol. The van der Waals surface area contributed by atoms with Crippen LogP contribution in [0.1, 0.15) is 5.56 Å². The van der Waals surface area contributed by atoms with Crippen molar-refractivity contribution in [2.45, 2.75) is 18.8 Å². The quantitative estimate of drug-likeness (QED) is 0.226. The number of hydrogen-bond acceptors (Lipinski definition) is 8. The second-order valence-corrected chi connectivity index (χ2v) is 9.37. The van der Waals surface area contributed by atoms with Gasteiger partial charge in [-0.15, -0.1) is 11.6 Å². The molecule has 2 aliphatic rings. The summed E-state index contributed by atoms with van der Waals surface area (Å²) in [7, 11) is 0. The summed E-state index contributed by atoms with van der Waals surface area (Å²) in [5, 5.41) is 2.75. The van der Waals surface area contributed by atoms with Gasteiger partial charge in [0, 0.05) is 24.5 Å². The summed E-state index contributed by atoms with van der Waals surface area (Å²) in [5.74, 6) is -1.36. The van der Waals surface area contributed by atoms with Gasteiger partial charge in [-0.05, 0) is 35.9 Å². The van der Waals surface area contributed by atoms with Crippen LogP contribution in [-0.4, -0.2) is 67.6 Å². The van der Waals surface area contributed by atoms with Crippen molar-refractivity contribution in [1.82, 2.24) is 5.32 Å². The Kier molecular flexibility index (Phi) is 9.25. The molecule has 0 aromatic heterocycles. The molecule has 12 nitrogen and oxygen atoms in total. The molecule has 0 saturated heterocycles. The van der Waals surface area contributed by atoms with Crippen molar-refractivity contribution >= 4 is 52.8 Å². The van der Waals surface area contributed by atoms with Gasteiger partial charge >= 0.3 is 0 Å². The van der Waals surface area contributed by atoms with Gasteiger partial charge in [-0.3, -0.25) is 24.2 Å².